The number of benzene rings is 2. The molecule has 3 rings (SSSR count). The van der Waals surface area contributed by atoms with Crippen molar-refractivity contribution in [2.75, 3.05) is 13.8 Å². The van der Waals surface area contributed by atoms with E-state index in [4.69, 9.17) is 14.2 Å². The Morgan fingerprint density at radius 1 is 1.12 bits per heavy atom. The van der Waals surface area contributed by atoms with Gasteiger partial charge in [-0.3, -0.25) is 0 Å². The largest absolute Gasteiger partial charge is 0.454 e. The molecule has 1 heterocycles. The summed E-state index contributed by atoms with van der Waals surface area (Å²) < 4.78 is 42.2. The third kappa shape index (κ3) is 3.51. The van der Waals surface area contributed by atoms with Crippen molar-refractivity contribution < 1.29 is 27.4 Å². The van der Waals surface area contributed by atoms with Gasteiger partial charge in [-0.05, 0) is 44.2 Å². The number of esters is 1. The molecule has 26 heavy (non-hydrogen) atoms. The van der Waals surface area contributed by atoms with Gasteiger partial charge >= 0.3 is 5.97 Å². The third-order valence-corrected chi connectivity index (χ3v) is 6.06. The number of hydrogen-bond acceptors (Lipinski definition) is 6. The summed E-state index contributed by atoms with van der Waals surface area (Å²) in [5.74, 6) is 0.694. The van der Waals surface area contributed by atoms with Gasteiger partial charge in [-0.15, -0.1) is 0 Å². The minimum Gasteiger partial charge on any atom is -0.454 e. The number of carbonyl (C=O) groups is 1. The first-order chi connectivity index (χ1) is 12.3. The van der Waals surface area contributed by atoms with Gasteiger partial charge in [0, 0.05) is 19.2 Å². The fourth-order valence-corrected chi connectivity index (χ4v) is 3.75. The highest BCUT2D eigenvalue weighted by atomic mass is 32.2. The van der Waals surface area contributed by atoms with E-state index in [0.29, 0.717) is 11.5 Å². The fraction of sp³-hybridized carbons (Fsp3) is 0.278. The molecule has 8 heteroatoms. The van der Waals surface area contributed by atoms with Gasteiger partial charge < -0.3 is 14.2 Å². The second-order valence-corrected chi connectivity index (χ2v) is 8.04. The smallest absolute Gasteiger partial charge is 0.343 e. The summed E-state index contributed by atoms with van der Waals surface area (Å²) >= 11 is 0. The minimum atomic E-state index is -3.69. The summed E-state index contributed by atoms with van der Waals surface area (Å²) in [7, 11) is -2.19. The van der Waals surface area contributed by atoms with Crippen LogP contribution in [-0.4, -0.2) is 38.6 Å². The van der Waals surface area contributed by atoms with Crippen LogP contribution in [0.2, 0.25) is 0 Å². The van der Waals surface area contributed by atoms with Crippen molar-refractivity contribution in [3.63, 3.8) is 0 Å². The summed E-state index contributed by atoms with van der Waals surface area (Å²) in [4.78, 5) is 12.4. The number of sulfonamides is 1. The summed E-state index contributed by atoms with van der Waals surface area (Å²) in [6.45, 7) is 3.67. The van der Waals surface area contributed by atoms with Crippen LogP contribution in [0.25, 0.3) is 0 Å². The predicted octanol–water partition coefficient (Wildman–Crippen LogP) is 2.66. The molecule has 0 saturated heterocycles. The van der Waals surface area contributed by atoms with Gasteiger partial charge in [0.25, 0.3) is 0 Å². The van der Waals surface area contributed by atoms with Gasteiger partial charge in [0.15, 0.2) is 11.5 Å². The molecule has 2 aromatic carbocycles. The molecule has 0 spiro atoms. The molecule has 0 radical (unpaired) electrons. The van der Waals surface area contributed by atoms with E-state index in [1.165, 1.54) is 35.6 Å². The van der Waals surface area contributed by atoms with Crippen LogP contribution in [0.4, 0.5) is 0 Å². The SMILES string of the molecule is CC(C)N(C)S(=O)(=O)c1cccc(C(=O)Oc2ccc3c(c2)OCO3)c1. The van der Waals surface area contributed by atoms with E-state index in [0.717, 1.165) is 0 Å². The lowest BCUT2D eigenvalue weighted by molar-refractivity contribution is 0.0734. The summed E-state index contributed by atoms with van der Waals surface area (Å²) in [6.07, 6.45) is 0. The molecule has 0 N–H and O–H groups in total. The molecule has 1 aliphatic heterocycles. The van der Waals surface area contributed by atoms with E-state index < -0.39 is 16.0 Å². The van der Waals surface area contributed by atoms with Gasteiger partial charge in [-0.25, -0.2) is 13.2 Å². The molecule has 0 saturated carbocycles. The number of carbonyl (C=O) groups excluding carboxylic acids is 1. The highest BCUT2D eigenvalue weighted by Gasteiger charge is 2.24. The molecule has 0 unspecified atom stereocenters. The van der Waals surface area contributed by atoms with Crippen molar-refractivity contribution in [3.05, 3.63) is 48.0 Å². The molecule has 1 aliphatic rings. The molecule has 0 amide bonds. The van der Waals surface area contributed by atoms with E-state index in [1.807, 2.05) is 0 Å². The van der Waals surface area contributed by atoms with Crippen LogP contribution >= 0.6 is 0 Å². The Morgan fingerprint density at radius 2 is 1.85 bits per heavy atom. The fourth-order valence-electron chi connectivity index (χ4n) is 2.33. The topological polar surface area (TPSA) is 82.1 Å². The van der Waals surface area contributed by atoms with Crippen molar-refractivity contribution in [1.29, 1.82) is 0 Å². The summed E-state index contributed by atoms with van der Waals surface area (Å²) in [6, 6.07) is 10.3. The van der Waals surface area contributed by atoms with Crippen molar-refractivity contribution in [2.45, 2.75) is 24.8 Å². The average Bonchev–Trinajstić information content (AvgIpc) is 3.08. The molecule has 0 fully saturated rings. The maximum absolute atomic E-state index is 12.6. The maximum atomic E-state index is 12.6. The summed E-state index contributed by atoms with van der Waals surface area (Å²) in [5, 5.41) is 0. The molecule has 0 aliphatic carbocycles. The maximum Gasteiger partial charge on any atom is 0.343 e. The molecule has 0 aromatic heterocycles. The van der Waals surface area contributed by atoms with Crippen molar-refractivity contribution in [3.8, 4) is 17.2 Å². The third-order valence-electron chi connectivity index (χ3n) is 4.03. The van der Waals surface area contributed by atoms with Gasteiger partial charge in [-0.2, -0.15) is 4.31 Å². The first kappa shape index (κ1) is 18.2. The Morgan fingerprint density at radius 3 is 2.58 bits per heavy atom. The lowest BCUT2D eigenvalue weighted by Gasteiger charge is -2.21. The van der Waals surface area contributed by atoms with Crippen LogP contribution < -0.4 is 14.2 Å². The summed E-state index contributed by atoms with van der Waals surface area (Å²) in [5.41, 5.74) is 0.140. The normalized spacial score (nSPS) is 13.3. The first-order valence-corrected chi connectivity index (χ1v) is 9.43. The molecular weight excluding hydrogens is 358 g/mol. The molecule has 0 bridgehead atoms. The van der Waals surface area contributed by atoms with Crippen LogP contribution in [0.5, 0.6) is 17.2 Å². The Kier molecular flexibility index (Phi) is 4.88. The molecular formula is C18H19NO6S. The highest BCUT2D eigenvalue weighted by molar-refractivity contribution is 7.89. The minimum absolute atomic E-state index is 0.0360. The van der Waals surface area contributed by atoms with E-state index in [2.05, 4.69) is 0 Å². The van der Waals surface area contributed by atoms with Gasteiger partial charge in [0.05, 0.1) is 10.5 Å². The standard InChI is InChI=1S/C18H19NO6S/c1-12(2)19(3)26(21,22)15-6-4-5-13(9-15)18(20)25-14-7-8-16-17(10-14)24-11-23-16/h4-10,12H,11H2,1-3H3. The lowest BCUT2D eigenvalue weighted by atomic mass is 10.2. The van der Waals surface area contributed by atoms with Crippen LogP contribution in [0.1, 0.15) is 24.2 Å². The Balaban J connectivity index is 1.83. The number of hydrogen-bond donors (Lipinski definition) is 0. The van der Waals surface area contributed by atoms with E-state index in [1.54, 1.807) is 32.0 Å². The van der Waals surface area contributed by atoms with E-state index >= 15 is 0 Å². The zero-order valence-electron chi connectivity index (χ0n) is 14.6. The Bertz CT molecular complexity index is 938. The number of ether oxygens (including phenoxy) is 3. The van der Waals surface area contributed by atoms with Crippen LogP contribution in [0, 0.1) is 0 Å². The molecule has 0 atom stereocenters. The molecule has 138 valence electrons. The first-order valence-electron chi connectivity index (χ1n) is 7.99. The van der Waals surface area contributed by atoms with E-state index in [9.17, 15) is 13.2 Å². The van der Waals surface area contributed by atoms with Gasteiger partial charge in [-0.1, -0.05) is 6.07 Å². The number of rotatable bonds is 5. The zero-order chi connectivity index (χ0) is 18.9. The number of fused-ring (bicyclic) bond motifs is 1. The molecule has 2 aromatic rings. The van der Waals surface area contributed by atoms with Crippen LogP contribution in [0.15, 0.2) is 47.4 Å². The number of nitrogens with zero attached hydrogens (tertiary/aromatic N) is 1. The highest BCUT2D eigenvalue weighted by Crippen LogP contribution is 2.35. The quantitative estimate of drug-likeness (QED) is 0.589. The Labute approximate surface area is 152 Å². The van der Waals surface area contributed by atoms with Crippen LogP contribution in [0.3, 0.4) is 0 Å². The van der Waals surface area contributed by atoms with Crippen molar-refractivity contribution in [2.24, 2.45) is 0 Å². The molecule has 7 nitrogen and oxygen atoms in total. The van der Waals surface area contributed by atoms with E-state index in [-0.39, 0.29) is 29.0 Å². The van der Waals surface area contributed by atoms with Gasteiger partial charge in [0.1, 0.15) is 5.75 Å². The second kappa shape index (κ2) is 6.97. The van der Waals surface area contributed by atoms with Crippen molar-refractivity contribution >= 4 is 16.0 Å². The average molecular weight is 377 g/mol. The monoisotopic (exact) mass is 377 g/mol. The second-order valence-electron chi connectivity index (χ2n) is 6.05. The Hall–Kier alpha value is -2.58. The van der Waals surface area contributed by atoms with Crippen LogP contribution in [-0.2, 0) is 10.0 Å². The zero-order valence-corrected chi connectivity index (χ0v) is 15.4. The lowest BCUT2D eigenvalue weighted by Crippen LogP contribution is -2.33. The van der Waals surface area contributed by atoms with Crippen molar-refractivity contribution in [1.82, 2.24) is 4.31 Å². The predicted molar refractivity (Wildman–Crippen MR) is 94.1 cm³/mol. The van der Waals surface area contributed by atoms with Gasteiger partial charge in [0.2, 0.25) is 16.8 Å².